The van der Waals surface area contributed by atoms with E-state index >= 15 is 0 Å². The smallest absolute Gasteiger partial charge is 0.391 e. The third kappa shape index (κ3) is 5.41. The van der Waals surface area contributed by atoms with Gasteiger partial charge in [-0.1, -0.05) is 11.6 Å². The molecule has 0 amide bonds. The van der Waals surface area contributed by atoms with Gasteiger partial charge in [0.1, 0.15) is 17.1 Å². The molecule has 0 atom stereocenters. The van der Waals surface area contributed by atoms with Gasteiger partial charge in [0.25, 0.3) is 0 Å². The first-order chi connectivity index (χ1) is 15.4. The van der Waals surface area contributed by atoms with Crippen LogP contribution in [-0.2, 0) is 6.54 Å². The maximum Gasteiger partial charge on any atom is 0.391 e. The van der Waals surface area contributed by atoms with Crippen molar-refractivity contribution in [3.05, 3.63) is 35.5 Å². The number of aliphatic hydroxyl groups is 1. The molecule has 1 fully saturated rings. The summed E-state index contributed by atoms with van der Waals surface area (Å²) in [6, 6.07) is 3.50. The number of alkyl halides is 3. The Morgan fingerprint density at radius 3 is 2.52 bits per heavy atom. The molecule has 0 saturated heterocycles. The Balaban J connectivity index is 1.65. The van der Waals surface area contributed by atoms with E-state index in [1.807, 2.05) is 16.8 Å². The highest BCUT2D eigenvalue weighted by Gasteiger charge is 2.41. The summed E-state index contributed by atoms with van der Waals surface area (Å²) in [6.07, 6.45) is -0.274. The summed E-state index contributed by atoms with van der Waals surface area (Å²) < 4.78 is 46.7. The second-order valence-corrected chi connectivity index (χ2v) is 9.61. The number of ether oxygens (including phenoxy) is 1. The maximum atomic E-state index is 13.0. The molecule has 0 aromatic carbocycles. The third-order valence-electron chi connectivity index (χ3n) is 5.82. The zero-order valence-corrected chi connectivity index (χ0v) is 19.4. The number of aromatic nitrogens is 4. The minimum Gasteiger partial charge on any atom is -0.474 e. The molecule has 178 valence electrons. The first-order valence-corrected chi connectivity index (χ1v) is 11.2. The molecule has 1 aliphatic carbocycles. The number of hydrogen-bond donors (Lipinski definition) is 1. The summed E-state index contributed by atoms with van der Waals surface area (Å²) in [7, 11) is 0. The molecule has 3 aromatic heterocycles. The van der Waals surface area contributed by atoms with Gasteiger partial charge in [0.15, 0.2) is 0 Å². The Morgan fingerprint density at radius 2 is 1.88 bits per heavy atom. The summed E-state index contributed by atoms with van der Waals surface area (Å²) in [4.78, 5) is 13.1. The summed E-state index contributed by atoms with van der Waals surface area (Å²) in [6.45, 7) is 5.50. The number of halogens is 4. The Labute approximate surface area is 194 Å². The Morgan fingerprint density at radius 1 is 1.18 bits per heavy atom. The third-order valence-corrected chi connectivity index (χ3v) is 6.11. The number of aryl methyl sites for hydroxylation is 1. The molecule has 0 bridgehead atoms. The zero-order valence-electron chi connectivity index (χ0n) is 18.7. The molecular formula is C23H26ClF3N4O2. The van der Waals surface area contributed by atoms with E-state index in [1.54, 1.807) is 33.0 Å². The Kier molecular flexibility index (Phi) is 6.30. The van der Waals surface area contributed by atoms with Gasteiger partial charge in [-0.25, -0.2) is 9.97 Å². The topological polar surface area (TPSA) is 73.1 Å². The molecule has 0 spiro atoms. The van der Waals surface area contributed by atoms with Crippen molar-refractivity contribution in [2.24, 2.45) is 5.92 Å². The lowest BCUT2D eigenvalue weighted by atomic mass is 9.87. The first-order valence-electron chi connectivity index (χ1n) is 10.9. The number of pyridine rings is 1. The summed E-state index contributed by atoms with van der Waals surface area (Å²) in [5, 5.41) is 11.3. The molecule has 0 unspecified atom stereocenters. The largest absolute Gasteiger partial charge is 0.474 e. The van der Waals surface area contributed by atoms with Crippen LogP contribution >= 0.6 is 11.6 Å². The van der Waals surface area contributed by atoms with Crippen molar-refractivity contribution in [3.8, 4) is 17.1 Å². The van der Waals surface area contributed by atoms with E-state index in [4.69, 9.17) is 16.3 Å². The van der Waals surface area contributed by atoms with Crippen LogP contribution in [0.3, 0.4) is 0 Å². The molecule has 3 aromatic rings. The molecule has 0 radical (unpaired) electrons. The molecule has 6 nitrogen and oxygen atoms in total. The van der Waals surface area contributed by atoms with Gasteiger partial charge in [0, 0.05) is 29.4 Å². The van der Waals surface area contributed by atoms with Gasteiger partial charge in [-0.05, 0) is 52.5 Å². The lowest BCUT2D eigenvalue weighted by Crippen LogP contribution is -2.32. The highest BCUT2D eigenvalue weighted by molar-refractivity contribution is 6.35. The molecule has 0 aliphatic heterocycles. The van der Waals surface area contributed by atoms with Gasteiger partial charge in [-0.15, -0.1) is 0 Å². The number of hydrogen-bond acceptors (Lipinski definition) is 5. The molecule has 3 heterocycles. The fraction of sp³-hybridized carbons (Fsp3) is 0.522. The normalized spacial score (nSPS) is 19.8. The fourth-order valence-corrected chi connectivity index (χ4v) is 4.62. The lowest BCUT2D eigenvalue weighted by Gasteiger charge is -2.29. The summed E-state index contributed by atoms with van der Waals surface area (Å²) >= 11 is 6.43. The minimum absolute atomic E-state index is 0.0524. The fourth-order valence-electron chi connectivity index (χ4n) is 4.36. The van der Waals surface area contributed by atoms with Crippen molar-refractivity contribution >= 4 is 22.5 Å². The van der Waals surface area contributed by atoms with Crippen molar-refractivity contribution < 1.29 is 23.0 Å². The van der Waals surface area contributed by atoms with Crippen LogP contribution in [0.15, 0.2) is 24.5 Å². The van der Waals surface area contributed by atoms with Crippen LogP contribution in [0.4, 0.5) is 13.2 Å². The van der Waals surface area contributed by atoms with E-state index in [2.05, 4.69) is 15.0 Å². The monoisotopic (exact) mass is 482 g/mol. The van der Waals surface area contributed by atoms with Gasteiger partial charge in [-0.3, -0.25) is 0 Å². The highest BCUT2D eigenvalue weighted by atomic mass is 35.5. The molecule has 33 heavy (non-hydrogen) atoms. The van der Waals surface area contributed by atoms with Crippen molar-refractivity contribution in [2.75, 3.05) is 0 Å². The Bertz CT molecular complexity index is 1150. The quantitative estimate of drug-likeness (QED) is 0.470. The molecular weight excluding hydrogens is 457 g/mol. The average molecular weight is 483 g/mol. The highest BCUT2D eigenvalue weighted by Crippen LogP contribution is 2.39. The predicted octanol–water partition coefficient (Wildman–Crippen LogP) is 5.73. The Hall–Kier alpha value is -2.39. The second-order valence-electron chi connectivity index (χ2n) is 9.25. The van der Waals surface area contributed by atoms with Crippen molar-refractivity contribution in [3.63, 3.8) is 0 Å². The van der Waals surface area contributed by atoms with Gasteiger partial charge in [0.05, 0.1) is 29.3 Å². The van der Waals surface area contributed by atoms with Crippen LogP contribution in [0, 0.1) is 12.8 Å². The molecule has 1 aliphatic rings. The van der Waals surface area contributed by atoms with E-state index in [9.17, 15) is 18.3 Å². The lowest BCUT2D eigenvalue weighted by molar-refractivity contribution is -0.185. The average Bonchev–Trinajstić information content (AvgIpc) is 3.05. The van der Waals surface area contributed by atoms with Crippen LogP contribution in [0.5, 0.6) is 5.88 Å². The van der Waals surface area contributed by atoms with Gasteiger partial charge in [0.2, 0.25) is 5.88 Å². The molecule has 4 rings (SSSR count). The van der Waals surface area contributed by atoms with Crippen molar-refractivity contribution in [1.82, 2.24) is 19.5 Å². The predicted molar refractivity (Wildman–Crippen MR) is 119 cm³/mol. The maximum absolute atomic E-state index is 13.0. The van der Waals surface area contributed by atoms with Crippen LogP contribution in [0.2, 0.25) is 5.15 Å². The molecule has 10 heteroatoms. The van der Waals surface area contributed by atoms with E-state index in [1.165, 1.54) is 0 Å². The standard InChI is InChI=1S/C23H26ClF3N4O2/c1-13-29-17(10-19(30-13)33-15-6-4-14(5-7-15)23(25,26)27)16-11-31(12-22(2,3)32)18-8-9-28-21(24)20(16)18/h8-11,14-15,32H,4-7,12H2,1-3H3. The second kappa shape index (κ2) is 8.76. The van der Waals surface area contributed by atoms with E-state index in [-0.39, 0.29) is 18.9 Å². The number of rotatable bonds is 5. The van der Waals surface area contributed by atoms with Gasteiger partial charge < -0.3 is 14.4 Å². The SMILES string of the molecule is Cc1nc(OC2CCC(C(F)(F)F)CC2)cc(-c2cn(CC(C)(C)O)c3ccnc(Cl)c23)n1. The van der Waals surface area contributed by atoms with Crippen molar-refractivity contribution in [1.29, 1.82) is 0 Å². The number of fused-ring (bicyclic) bond motifs is 1. The summed E-state index contributed by atoms with van der Waals surface area (Å²) in [5.41, 5.74) is 1.13. The molecule has 1 N–H and O–H groups in total. The van der Waals surface area contributed by atoms with Crippen LogP contribution in [-0.4, -0.2) is 42.5 Å². The zero-order chi connectivity index (χ0) is 24.0. The van der Waals surface area contributed by atoms with Gasteiger partial charge >= 0.3 is 6.18 Å². The minimum atomic E-state index is -4.16. The number of nitrogens with zero attached hydrogens (tertiary/aromatic N) is 4. The van der Waals surface area contributed by atoms with E-state index < -0.39 is 17.7 Å². The van der Waals surface area contributed by atoms with Gasteiger partial charge in [-0.2, -0.15) is 18.2 Å². The van der Waals surface area contributed by atoms with Crippen LogP contribution < -0.4 is 4.74 Å². The van der Waals surface area contributed by atoms with Crippen molar-refractivity contribution in [2.45, 2.75) is 70.9 Å². The molecule has 1 saturated carbocycles. The van der Waals surface area contributed by atoms with Crippen LogP contribution in [0.1, 0.15) is 45.4 Å². The van der Waals surface area contributed by atoms with E-state index in [0.717, 1.165) is 5.52 Å². The first kappa shape index (κ1) is 23.8. The van der Waals surface area contributed by atoms with E-state index in [0.29, 0.717) is 52.9 Å². The van der Waals surface area contributed by atoms with Crippen LogP contribution in [0.25, 0.3) is 22.2 Å². The summed E-state index contributed by atoms with van der Waals surface area (Å²) in [5.74, 6) is -0.483.